The van der Waals surface area contributed by atoms with Crippen LogP contribution in [0.15, 0.2) is 42.5 Å². The number of carbonyl (C=O) groups is 2. The van der Waals surface area contributed by atoms with Crippen LogP contribution in [0.3, 0.4) is 0 Å². The number of para-hydroxylation sites is 1. The Morgan fingerprint density at radius 1 is 1.04 bits per heavy atom. The lowest BCUT2D eigenvalue weighted by Crippen LogP contribution is -2.42. The summed E-state index contributed by atoms with van der Waals surface area (Å²) in [6.07, 6.45) is 0. The van der Waals surface area contributed by atoms with Gasteiger partial charge in [0.05, 0.1) is 6.54 Å². The average Bonchev–Trinajstić information content (AvgIpc) is 2.62. The minimum absolute atomic E-state index is 0.0251. The van der Waals surface area contributed by atoms with Gasteiger partial charge in [0.15, 0.2) is 0 Å². The molecule has 2 aromatic carbocycles. The maximum Gasteiger partial charge on any atom is 0.244 e. The molecule has 5 nitrogen and oxygen atoms in total. The van der Waals surface area contributed by atoms with E-state index in [1.807, 2.05) is 70.2 Å². The summed E-state index contributed by atoms with van der Waals surface area (Å²) in [5, 5.41) is 2.91. The highest BCUT2D eigenvalue weighted by Crippen LogP contribution is 2.19. The fourth-order valence-electron chi connectivity index (χ4n) is 2.82. The second kappa shape index (κ2) is 8.63. The van der Waals surface area contributed by atoms with Gasteiger partial charge in [0.25, 0.3) is 0 Å². The highest BCUT2D eigenvalue weighted by Gasteiger charge is 2.23. The van der Waals surface area contributed by atoms with Gasteiger partial charge >= 0.3 is 0 Å². The van der Waals surface area contributed by atoms with Crippen molar-refractivity contribution in [3.63, 3.8) is 0 Å². The van der Waals surface area contributed by atoms with Crippen molar-refractivity contribution in [1.29, 1.82) is 0 Å². The third kappa shape index (κ3) is 4.70. The summed E-state index contributed by atoms with van der Waals surface area (Å²) >= 11 is 0. The minimum Gasteiger partial charge on any atom is -0.332 e. The summed E-state index contributed by atoms with van der Waals surface area (Å²) in [5.74, 6) is -0.485. The molecule has 26 heavy (non-hydrogen) atoms. The number of aryl methyl sites for hydroxylation is 3. The Kier molecular flexibility index (Phi) is 6.52. The first-order valence-electron chi connectivity index (χ1n) is 8.80. The number of nitrogens with two attached hydrogens (primary N) is 1. The Bertz CT molecular complexity index is 764. The van der Waals surface area contributed by atoms with Crippen molar-refractivity contribution >= 4 is 17.5 Å². The van der Waals surface area contributed by atoms with E-state index < -0.39 is 6.04 Å². The van der Waals surface area contributed by atoms with Gasteiger partial charge in [-0.25, -0.2) is 0 Å². The molecule has 0 saturated heterocycles. The number of likely N-dealkylation sites (N-methyl/N-ethyl adjacent to an activating group) is 1. The van der Waals surface area contributed by atoms with Gasteiger partial charge in [0, 0.05) is 12.2 Å². The highest BCUT2D eigenvalue weighted by molar-refractivity contribution is 5.96. The molecule has 2 amide bonds. The zero-order valence-electron chi connectivity index (χ0n) is 15.9. The first-order chi connectivity index (χ1) is 12.3. The van der Waals surface area contributed by atoms with Crippen molar-refractivity contribution in [2.45, 2.75) is 33.7 Å². The predicted octanol–water partition coefficient (Wildman–Crippen LogP) is 3.10. The number of hydrogen-bond acceptors (Lipinski definition) is 3. The van der Waals surface area contributed by atoms with Crippen LogP contribution in [0.25, 0.3) is 0 Å². The zero-order valence-corrected chi connectivity index (χ0v) is 15.9. The molecular weight excluding hydrogens is 326 g/mol. The summed E-state index contributed by atoms with van der Waals surface area (Å²) in [6, 6.07) is 12.6. The summed E-state index contributed by atoms with van der Waals surface area (Å²) in [7, 11) is 0. The monoisotopic (exact) mass is 353 g/mol. The predicted molar refractivity (Wildman–Crippen MR) is 105 cm³/mol. The number of hydrogen-bond donors (Lipinski definition) is 2. The number of anilines is 1. The van der Waals surface area contributed by atoms with E-state index in [9.17, 15) is 9.59 Å². The molecule has 2 rings (SSSR count). The summed E-state index contributed by atoms with van der Waals surface area (Å²) in [6.45, 7) is 8.10. The number of benzene rings is 2. The highest BCUT2D eigenvalue weighted by atomic mass is 16.2. The van der Waals surface area contributed by atoms with Crippen LogP contribution < -0.4 is 11.1 Å². The van der Waals surface area contributed by atoms with Gasteiger partial charge < -0.3 is 16.0 Å². The van der Waals surface area contributed by atoms with Crippen LogP contribution in [-0.4, -0.2) is 29.8 Å². The SMILES string of the molecule is CCN(CC(=O)Nc1c(C)cccc1C)C(=O)C(N)c1ccc(C)cc1. The maximum atomic E-state index is 12.7. The lowest BCUT2D eigenvalue weighted by atomic mass is 10.0. The maximum absolute atomic E-state index is 12.7. The smallest absolute Gasteiger partial charge is 0.244 e. The van der Waals surface area contributed by atoms with Crippen molar-refractivity contribution in [3.05, 3.63) is 64.7 Å². The molecule has 5 heteroatoms. The van der Waals surface area contributed by atoms with Crippen molar-refractivity contribution in [2.24, 2.45) is 5.73 Å². The van der Waals surface area contributed by atoms with E-state index in [1.54, 1.807) is 0 Å². The van der Waals surface area contributed by atoms with E-state index in [1.165, 1.54) is 4.90 Å². The molecule has 0 aliphatic rings. The third-order valence-electron chi connectivity index (χ3n) is 4.48. The fraction of sp³-hybridized carbons (Fsp3) is 0.333. The van der Waals surface area contributed by atoms with E-state index in [-0.39, 0.29) is 18.4 Å². The second-order valence-corrected chi connectivity index (χ2v) is 6.56. The molecule has 0 radical (unpaired) electrons. The zero-order chi connectivity index (χ0) is 19.3. The van der Waals surface area contributed by atoms with Crippen molar-refractivity contribution in [3.8, 4) is 0 Å². The average molecular weight is 353 g/mol. The molecule has 0 saturated carbocycles. The number of nitrogens with one attached hydrogen (secondary N) is 1. The molecule has 3 N–H and O–H groups in total. The van der Waals surface area contributed by atoms with Gasteiger partial charge in [0.2, 0.25) is 11.8 Å². The van der Waals surface area contributed by atoms with Crippen LogP contribution in [0.2, 0.25) is 0 Å². The van der Waals surface area contributed by atoms with Crippen LogP contribution in [0.4, 0.5) is 5.69 Å². The molecule has 138 valence electrons. The lowest BCUT2D eigenvalue weighted by molar-refractivity contribution is -0.135. The summed E-state index contributed by atoms with van der Waals surface area (Å²) in [4.78, 5) is 26.6. The molecule has 1 unspecified atom stereocenters. The normalized spacial score (nSPS) is 11.7. The molecule has 1 atom stereocenters. The first kappa shape index (κ1) is 19.7. The second-order valence-electron chi connectivity index (χ2n) is 6.56. The standard InChI is InChI=1S/C21H27N3O2/c1-5-24(21(26)19(22)17-11-9-14(2)10-12-17)13-18(25)23-20-15(3)7-6-8-16(20)4/h6-12,19H,5,13,22H2,1-4H3,(H,23,25). The molecule has 0 aliphatic carbocycles. The molecule has 0 bridgehead atoms. The minimum atomic E-state index is -0.774. The van der Waals surface area contributed by atoms with Crippen LogP contribution in [0.5, 0.6) is 0 Å². The van der Waals surface area contributed by atoms with Crippen LogP contribution >= 0.6 is 0 Å². The Balaban J connectivity index is 2.06. The van der Waals surface area contributed by atoms with Gasteiger partial charge in [-0.15, -0.1) is 0 Å². The third-order valence-corrected chi connectivity index (χ3v) is 4.48. The molecule has 0 spiro atoms. The summed E-state index contributed by atoms with van der Waals surface area (Å²) in [5.41, 5.74) is 10.7. The van der Waals surface area contributed by atoms with Crippen LogP contribution in [0, 0.1) is 20.8 Å². The number of amides is 2. The first-order valence-corrected chi connectivity index (χ1v) is 8.80. The van der Waals surface area contributed by atoms with Gasteiger partial charge in [-0.2, -0.15) is 0 Å². The van der Waals surface area contributed by atoms with Gasteiger partial charge in [0.1, 0.15) is 6.04 Å². The number of rotatable bonds is 6. The topological polar surface area (TPSA) is 75.4 Å². The molecule has 0 aromatic heterocycles. The molecule has 0 heterocycles. The quantitative estimate of drug-likeness (QED) is 0.838. The number of carbonyl (C=O) groups excluding carboxylic acids is 2. The van der Waals surface area contributed by atoms with E-state index in [0.29, 0.717) is 6.54 Å². The molecule has 0 fully saturated rings. The van der Waals surface area contributed by atoms with Gasteiger partial charge in [-0.1, -0.05) is 48.0 Å². The van der Waals surface area contributed by atoms with Gasteiger partial charge in [-0.3, -0.25) is 9.59 Å². The lowest BCUT2D eigenvalue weighted by Gasteiger charge is -2.24. The fourth-order valence-corrected chi connectivity index (χ4v) is 2.82. The Labute approximate surface area is 155 Å². The van der Waals surface area contributed by atoms with E-state index in [4.69, 9.17) is 5.73 Å². The number of nitrogens with zero attached hydrogens (tertiary/aromatic N) is 1. The van der Waals surface area contributed by atoms with Crippen molar-refractivity contribution in [1.82, 2.24) is 4.90 Å². The molecular formula is C21H27N3O2. The molecule has 0 aliphatic heterocycles. The van der Waals surface area contributed by atoms with Crippen molar-refractivity contribution in [2.75, 3.05) is 18.4 Å². The van der Waals surface area contributed by atoms with Crippen LogP contribution in [0.1, 0.15) is 35.2 Å². The van der Waals surface area contributed by atoms with Crippen LogP contribution in [-0.2, 0) is 9.59 Å². The van der Waals surface area contributed by atoms with E-state index >= 15 is 0 Å². The van der Waals surface area contributed by atoms with Crippen molar-refractivity contribution < 1.29 is 9.59 Å². The Morgan fingerprint density at radius 3 is 2.15 bits per heavy atom. The van der Waals surface area contributed by atoms with E-state index in [0.717, 1.165) is 27.9 Å². The summed E-state index contributed by atoms with van der Waals surface area (Å²) < 4.78 is 0. The van der Waals surface area contributed by atoms with Gasteiger partial charge in [-0.05, 0) is 44.4 Å². The molecule has 2 aromatic rings. The van der Waals surface area contributed by atoms with E-state index in [2.05, 4.69) is 5.32 Å². The largest absolute Gasteiger partial charge is 0.332 e. The Hall–Kier alpha value is -2.66. The Morgan fingerprint density at radius 2 is 1.62 bits per heavy atom.